The monoisotopic (exact) mass is 393 g/mol. The van der Waals surface area contributed by atoms with Crippen LogP contribution < -0.4 is 0 Å². The maximum Gasteiger partial charge on any atom is 0.253 e. The summed E-state index contributed by atoms with van der Waals surface area (Å²) in [7, 11) is 0. The molecule has 0 spiro atoms. The number of aliphatic hydroxyl groups excluding tert-OH is 2. The Morgan fingerprint density at radius 1 is 1.17 bits per heavy atom. The molecule has 150 valence electrons. The normalized spacial score (nSPS) is 19.5. The number of nitrogens with zero attached hydrogens (tertiary/aromatic N) is 1. The summed E-state index contributed by atoms with van der Waals surface area (Å²) >= 11 is 0. The average Bonchev–Trinajstić information content (AvgIpc) is 2.72. The van der Waals surface area contributed by atoms with Crippen molar-refractivity contribution in [1.29, 1.82) is 0 Å². The number of carbonyl (C=O) groups excluding carboxylic acids is 1. The van der Waals surface area contributed by atoms with Gasteiger partial charge in [0.25, 0.3) is 5.91 Å². The third kappa shape index (κ3) is 3.88. The van der Waals surface area contributed by atoms with Crippen LogP contribution in [0, 0.1) is 18.7 Å². The Morgan fingerprint density at radius 3 is 2.76 bits per heavy atom. The van der Waals surface area contributed by atoms with Gasteiger partial charge in [0.05, 0.1) is 12.7 Å². The Balaban J connectivity index is 1.68. The zero-order valence-electron chi connectivity index (χ0n) is 16.3. The predicted octanol–water partition coefficient (Wildman–Crippen LogP) is 3.77. The molecule has 5 heteroatoms. The van der Waals surface area contributed by atoms with Gasteiger partial charge in [-0.25, -0.2) is 4.39 Å². The first-order valence-electron chi connectivity index (χ1n) is 9.85. The molecule has 3 aromatic rings. The van der Waals surface area contributed by atoms with Crippen molar-refractivity contribution in [3.8, 4) is 11.1 Å². The van der Waals surface area contributed by atoms with Gasteiger partial charge in [0.15, 0.2) is 0 Å². The molecular weight excluding hydrogens is 369 g/mol. The lowest BCUT2D eigenvalue weighted by Gasteiger charge is -2.35. The number of halogens is 1. The third-order valence-electron chi connectivity index (χ3n) is 5.70. The van der Waals surface area contributed by atoms with Crippen molar-refractivity contribution in [2.45, 2.75) is 19.4 Å². The van der Waals surface area contributed by atoms with Crippen LogP contribution in [0.1, 0.15) is 22.3 Å². The second-order valence-corrected chi connectivity index (χ2v) is 7.81. The van der Waals surface area contributed by atoms with Gasteiger partial charge in [-0.3, -0.25) is 4.79 Å². The number of piperidine rings is 1. The summed E-state index contributed by atoms with van der Waals surface area (Å²) in [5, 5.41) is 21.2. The molecule has 0 unspecified atom stereocenters. The molecule has 0 aliphatic carbocycles. The van der Waals surface area contributed by atoms with Crippen molar-refractivity contribution < 1.29 is 19.4 Å². The number of aliphatic hydroxyl groups is 2. The Bertz CT molecular complexity index is 1040. The number of likely N-dealkylation sites (tertiary alicyclic amines) is 1. The fraction of sp³-hybridized carbons (Fsp3) is 0.292. The lowest BCUT2D eigenvalue weighted by Crippen LogP contribution is -2.47. The van der Waals surface area contributed by atoms with Crippen LogP contribution in [-0.4, -0.2) is 46.8 Å². The SMILES string of the molecule is Cc1cc(F)cc(-c2cccc3cc(C(=O)N4CC[C@H](O)[C@H](CO)C4)ccc23)c1. The number of fused-ring (bicyclic) bond motifs is 1. The predicted molar refractivity (Wildman–Crippen MR) is 111 cm³/mol. The molecule has 0 bridgehead atoms. The van der Waals surface area contributed by atoms with Gasteiger partial charge in [0, 0.05) is 24.6 Å². The topological polar surface area (TPSA) is 60.8 Å². The molecule has 0 aromatic heterocycles. The van der Waals surface area contributed by atoms with E-state index in [0.717, 1.165) is 27.5 Å². The van der Waals surface area contributed by atoms with E-state index in [1.54, 1.807) is 11.0 Å². The van der Waals surface area contributed by atoms with Gasteiger partial charge in [0.1, 0.15) is 5.82 Å². The molecule has 1 aliphatic rings. The summed E-state index contributed by atoms with van der Waals surface area (Å²) in [6, 6.07) is 16.3. The van der Waals surface area contributed by atoms with Crippen LogP contribution in [0.5, 0.6) is 0 Å². The van der Waals surface area contributed by atoms with Gasteiger partial charge in [-0.2, -0.15) is 0 Å². The Morgan fingerprint density at radius 2 is 2.00 bits per heavy atom. The van der Waals surface area contributed by atoms with E-state index < -0.39 is 6.10 Å². The zero-order valence-corrected chi connectivity index (χ0v) is 16.3. The highest BCUT2D eigenvalue weighted by molar-refractivity contribution is 6.02. The molecule has 2 N–H and O–H groups in total. The van der Waals surface area contributed by atoms with Crippen molar-refractivity contribution >= 4 is 16.7 Å². The molecule has 3 aromatic carbocycles. The highest BCUT2D eigenvalue weighted by Crippen LogP contribution is 2.31. The first-order chi connectivity index (χ1) is 14.0. The molecule has 2 atom stereocenters. The van der Waals surface area contributed by atoms with Gasteiger partial charge in [-0.15, -0.1) is 0 Å². The van der Waals surface area contributed by atoms with E-state index in [4.69, 9.17) is 0 Å². The zero-order chi connectivity index (χ0) is 20.5. The maximum atomic E-state index is 13.9. The van der Waals surface area contributed by atoms with Crippen LogP contribution >= 0.6 is 0 Å². The molecule has 0 radical (unpaired) electrons. The summed E-state index contributed by atoms with van der Waals surface area (Å²) in [4.78, 5) is 14.7. The van der Waals surface area contributed by atoms with Crippen molar-refractivity contribution in [2.24, 2.45) is 5.92 Å². The number of hydrogen-bond acceptors (Lipinski definition) is 3. The lowest BCUT2D eigenvalue weighted by atomic mass is 9.94. The van der Waals surface area contributed by atoms with E-state index in [0.29, 0.717) is 25.1 Å². The standard InChI is InChI=1S/C24H24FNO3/c1-15-9-18(12-20(25)10-15)21-4-2-3-16-11-17(5-6-22(16)21)24(29)26-8-7-23(28)19(13-26)14-27/h2-6,9-12,19,23,27-28H,7-8,13-14H2,1H3/t19-,23-/m0/s1. The first-order valence-corrected chi connectivity index (χ1v) is 9.85. The molecule has 4 rings (SSSR count). The van der Waals surface area contributed by atoms with Crippen LogP contribution in [0.2, 0.25) is 0 Å². The summed E-state index contributed by atoms with van der Waals surface area (Å²) in [6.45, 7) is 2.54. The quantitative estimate of drug-likeness (QED) is 0.712. The largest absolute Gasteiger partial charge is 0.396 e. The van der Waals surface area contributed by atoms with E-state index in [1.165, 1.54) is 12.1 Å². The van der Waals surface area contributed by atoms with Crippen molar-refractivity contribution in [3.05, 3.63) is 71.5 Å². The fourth-order valence-electron chi connectivity index (χ4n) is 4.13. The summed E-state index contributed by atoms with van der Waals surface area (Å²) in [5.74, 6) is -0.685. The maximum absolute atomic E-state index is 13.9. The second-order valence-electron chi connectivity index (χ2n) is 7.81. The number of amides is 1. The van der Waals surface area contributed by atoms with Crippen LogP contribution in [0.3, 0.4) is 0 Å². The summed E-state index contributed by atoms with van der Waals surface area (Å²) < 4.78 is 13.9. The smallest absolute Gasteiger partial charge is 0.253 e. The summed E-state index contributed by atoms with van der Waals surface area (Å²) in [6.07, 6.45) is -0.105. The Hall–Kier alpha value is -2.76. The van der Waals surface area contributed by atoms with Gasteiger partial charge < -0.3 is 15.1 Å². The fourth-order valence-corrected chi connectivity index (χ4v) is 4.13. The van der Waals surface area contributed by atoms with Crippen LogP contribution in [0.25, 0.3) is 21.9 Å². The summed E-state index contributed by atoms with van der Waals surface area (Å²) in [5.41, 5.74) is 3.15. The number of rotatable bonds is 3. The molecular formula is C24H24FNO3. The highest BCUT2D eigenvalue weighted by atomic mass is 19.1. The van der Waals surface area contributed by atoms with Crippen LogP contribution in [0.4, 0.5) is 4.39 Å². The number of hydrogen-bond donors (Lipinski definition) is 2. The minimum Gasteiger partial charge on any atom is -0.396 e. The molecule has 29 heavy (non-hydrogen) atoms. The number of aryl methyl sites for hydroxylation is 1. The minimum absolute atomic E-state index is 0.107. The van der Waals surface area contributed by atoms with E-state index >= 15 is 0 Å². The molecule has 4 nitrogen and oxygen atoms in total. The second kappa shape index (κ2) is 7.93. The van der Waals surface area contributed by atoms with E-state index in [9.17, 15) is 19.4 Å². The molecule has 1 amide bonds. The van der Waals surface area contributed by atoms with Crippen molar-refractivity contribution in [2.75, 3.05) is 19.7 Å². The molecule has 1 aliphatic heterocycles. The Kier molecular flexibility index (Phi) is 5.35. The molecule has 0 saturated carbocycles. The minimum atomic E-state index is -0.571. The molecule has 1 fully saturated rings. The van der Waals surface area contributed by atoms with Crippen LogP contribution in [0.15, 0.2) is 54.6 Å². The van der Waals surface area contributed by atoms with Gasteiger partial charge >= 0.3 is 0 Å². The first kappa shape index (κ1) is 19.6. The van der Waals surface area contributed by atoms with Gasteiger partial charge in [-0.05, 0) is 65.1 Å². The molecule has 1 heterocycles. The average molecular weight is 393 g/mol. The highest BCUT2D eigenvalue weighted by Gasteiger charge is 2.30. The van der Waals surface area contributed by atoms with E-state index in [-0.39, 0.29) is 24.2 Å². The molecule has 1 saturated heterocycles. The van der Waals surface area contributed by atoms with E-state index in [1.807, 2.05) is 43.3 Å². The number of carbonyl (C=O) groups is 1. The van der Waals surface area contributed by atoms with Gasteiger partial charge in [0.2, 0.25) is 0 Å². The lowest BCUT2D eigenvalue weighted by molar-refractivity contribution is 0.00345. The van der Waals surface area contributed by atoms with Crippen molar-refractivity contribution in [1.82, 2.24) is 4.90 Å². The number of benzene rings is 3. The van der Waals surface area contributed by atoms with Crippen molar-refractivity contribution in [3.63, 3.8) is 0 Å². The van der Waals surface area contributed by atoms with Crippen LogP contribution in [-0.2, 0) is 0 Å². The van der Waals surface area contributed by atoms with Gasteiger partial charge in [-0.1, -0.05) is 30.3 Å². The Labute approximate surface area is 169 Å². The third-order valence-corrected chi connectivity index (χ3v) is 5.70. The van der Waals surface area contributed by atoms with E-state index in [2.05, 4.69) is 0 Å².